The van der Waals surface area contributed by atoms with Crippen molar-refractivity contribution in [3.05, 3.63) is 74.6 Å². The van der Waals surface area contributed by atoms with Crippen molar-refractivity contribution in [2.45, 2.75) is 25.7 Å². The molecule has 148 valence electrons. The molecular formula is C23H20BrNO3S. The molecule has 0 spiro atoms. The molecule has 0 atom stereocenters. The second kappa shape index (κ2) is 8.51. The van der Waals surface area contributed by atoms with Crippen LogP contribution in [0.5, 0.6) is 0 Å². The highest BCUT2D eigenvalue weighted by atomic mass is 79.9. The van der Waals surface area contributed by atoms with E-state index in [9.17, 15) is 9.59 Å². The monoisotopic (exact) mass is 469 g/mol. The van der Waals surface area contributed by atoms with E-state index in [-0.39, 0.29) is 5.91 Å². The van der Waals surface area contributed by atoms with Gasteiger partial charge in [-0.3, -0.25) is 4.79 Å². The second-order valence-corrected chi connectivity index (χ2v) is 8.80. The quantitative estimate of drug-likeness (QED) is 0.469. The first kappa shape index (κ1) is 19.9. The maximum atomic E-state index is 12.7. The Labute approximate surface area is 182 Å². The Hall–Kier alpha value is -2.44. The minimum atomic E-state index is -0.455. The molecule has 1 heterocycles. The number of rotatable bonds is 4. The number of aryl methyl sites for hydroxylation is 2. The normalized spacial score (nSPS) is 12.9. The molecule has 0 saturated heterocycles. The number of ether oxygens (including phenoxy) is 1. The molecule has 3 aromatic rings. The SMILES string of the molecule is COC(=O)c1c(-c2ccc3c(c2)CCCC3)csc1NC(=O)c1cccc(Br)c1. The second-order valence-electron chi connectivity index (χ2n) is 7.00. The van der Waals surface area contributed by atoms with Crippen molar-refractivity contribution in [2.75, 3.05) is 12.4 Å². The molecule has 1 aliphatic carbocycles. The first-order valence-electron chi connectivity index (χ1n) is 9.45. The molecular weight excluding hydrogens is 450 g/mol. The molecule has 29 heavy (non-hydrogen) atoms. The minimum Gasteiger partial charge on any atom is -0.465 e. The molecule has 1 amide bonds. The fourth-order valence-corrected chi connectivity index (χ4v) is 5.02. The summed E-state index contributed by atoms with van der Waals surface area (Å²) in [6.45, 7) is 0. The predicted octanol–water partition coefficient (Wildman–Crippen LogP) is 6.10. The van der Waals surface area contributed by atoms with Crippen LogP contribution in [0.1, 0.15) is 44.7 Å². The van der Waals surface area contributed by atoms with Crippen LogP contribution in [0.3, 0.4) is 0 Å². The number of benzene rings is 2. The topological polar surface area (TPSA) is 55.4 Å². The highest BCUT2D eigenvalue weighted by Crippen LogP contribution is 2.38. The van der Waals surface area contributed by atoms with Gasteiger partial charge in [0, 0.05) is 21.0 Å². The first-order valence-corrected chi connectivity index (χ1v) is 11.1. The van der Waals surface area contributed by atoms with Gasteiger partial charge in [-0.15, -0.1) is 11.3 Å². The molecule has 4 nitrogen and oxygen atoms in total. The van der Waals surface area contributed by atoms with Gasteiger partial charge in [0.2, 0.25) is 0 Å². The summed E-state index contributed by atoms with van der Waals surface area (Å²) in [4.78, 5) is 25.3. The number of nitrogens with one attached hydrogen (secondary N) is 1. The average Bonchev–Trinajstić information content (AvgIpc) is 3.16. The van der Waals surface area contributed by atoms with E-state index >= 15 is 0 Å². The number of fused-ring (bicyclic) bond motifs is 1. The molecule has 0 bridgehead atoms. The van der Waals surface area contributed by atoms with Gasteiger partial charge >= 0.3 is 5.97 Å². The number of methoxy groups -OCH3 is 1. The summed E-state index contributed by atoms with van der Waals surface area (Å²) in [6.07, 6.45) is 4.59. The number of hydrogen-bond acceptors (Lipinski definition) is 4. The molecule has 0 aliphatic heterocycles. The summed E-state index contributed by atoms with van der Waals surface area (Å²) in [5, 5.41) is 5.28. The van der Waals surface area contributed by atoms with Crippen LogP contribution in [-0.4, -0.2) is 19.0 Å². The van der Waals surface area contributed by atoms with E-state index in [0.717, 1.165) is 28.4 Å². The maximum Gasteiger partial charge on any atom is 0.341 e. The smallest absolute Gasteiger partial charge is 0.341 e. The Balaban J connectivity index is 1.70. The lowest BCUT2D eigenvalue weighted by molar-refractivity contribution is 0.0603. The van der Waals surface area contributed by atoms with Gasteiger partial charge in [0.1, 0.15) is 10.6 Å². The molecule has 1 aliphatic rings. The largest absolute Gasteiger partial charge is 0.465 e. The van der Waals surface area contributed by atoms with E-state index in [1.54, 1.807) is 18.2 Å². The Morgan fingerprint density at radius 2 is 1.86 bits per heavy atom. The maximum absolute atomic E-state index is 12.7. The van der Waals surface area contributed by atoms with Crippen molar-refractivity contribution in [3.63, 3.8) is 0 Å². The van der Waals surface area contributed by atoms with Crippen molar-refractivity contribution in [2.24, 2.45) is 0 Å². The third-order valence-electron chi connectivity index (χ3n) is 5.15. The first-order chi connectivity index (χ1) is 14.1. The standard InChI is InChI=1S/C23H20BrNO3S/c1-28-23(27)20-19(16-10-9-14-5-2-3-6-15(14)11-16)13-29-22(20)25-21(26)17-7-4-8-18(24)12-17/h4,7-13H,2-3,5-6H2,1H3,(H,25,26). The number of carbonyl (C=O) groups excluding carboxylic acids is 2. The highest BCUT2D eigenvalue weighted by molar-refractivity contribution is 9.10. The van der Waals surface area contributed by atoms with Gasteiger partial charge in [0.05, 0.1) is 7.11 Å². The molecule has 1 N–H and O–H groups in total. The zero-order chi connectivity index (χ0) is 20.4. The summed E-state index contributed by atoms with van der Waals surface area (Å²) in [5.41, 5.74) is 5.41. The summed E-state index contributed by atoms with van der Waals surface area (Å²) in [5.74, 6) is -0.723. The number of amides is 1. The van der Waals surface area contributed by atoms with Crippen molar-refractivity contribution in [3.8, 4) is 11.1 Å². The summed E-state index contributed by atoms with van der Waals surface area (Å²) in [7, 11) is 1.36. The van der Waals surface area contributed by atoms with Gasteiger partial charge in [-0.05, 0) is 60.6 Å². The van der Waals surface area contributed by atoms with Crippen molar-refractivity contribution >= 4 is 44.1 Å². The molecule has 2 aromatic carbocycles. The number of esters is 1. The Morgan fingerprint density at radius 1 is 1.07 bits per heavy atom. The van der Waals surface area contributed by atoms with Crippen LogP contribution >= 0.6 is 27.3 Å². The zero-order valence-electron chi connectivity index (χ0n) is 16.0. The summed E-state index contributed by atoms with van der Waals surface area (Å²) in [6, 6.07) is 13.5. The third kappa shape index (κ3) is 4.14. The lowest BCUT2D eigenvalue weighted by Gasteiger charge is -2.16. The van der Waals surface area contributed by atoms with Gasteiger partial charge in [-0.2, -0.15) is 0 Å². The van der Waals surface area contributed by atoms with Crippen molar-refractivity contribution in [1.29, 1.82) is 0 Å². The summed E-state index contributed by atoms with van der Waals surface area (Å²) >= 11 is 4.71. The van der Waals surface area contributed by atoms with Gasteiger partial charge in [0.15, 0.2) is 0 Å². The van der Waals surface area contributed by atoms with Crippen molar-refractivity contribution < 1.29 is 14.3 Å². The molecule has 0 saturated carbocycles. The van der Waals surface area contributed by atoms with Crippen LogP contribution in [0, 0.1) is 0 Å². The van der Waals surface area contributed by atoms with E-state index in [4.69, 9.17) is 4.74 Å². The fraction of sp³-hybridized carbons (Fsp3) is 0.217. The number of anilines is 1. The number of halogens is 1. The van der Waals surface area contributed by atoms with E-state index in [0.29, 0.717) is 16.1 Å². The van der Waals surface area contributed by atoms with Gasteiger partial charge in [-0.25, -0.2) is 4.79 Å². The van der Waals surface area contributed by atoms with Crippen molar-refractivity contribution in [1.82, 2.24) is 0 Å². The Bertz CT molecular complexity index is 1090. The van der Waals surface area contributed by atoms with Crippen LogP contribution in [0.15, 0.2) is 52.3 Å². The lowest BCUT2D eigenvalue weighted by atomic mass is 9.89. The number of thiophene rings is 1. The molecule has 0 radical (unpaired) electrons. The Morgan fingerprint density at radius 3 is 2.62 bits per heavy atom. The molecule has 4 rings (SSSR count). The molecule has 0 unspecified atom stereocenters. The lowest BCUT2D eigenvalue weighted by Crippen LogP contribution is -2.14. The Kier molecular flexibility index (Phi) is 5.83. The highest BCUT2D eigenvalue weighted by Gasteiger charge is 2.23. The third-order valence-corrected chi connectivity index (χ3v) is 6.54. The van der Waals surface area contributed by atoms with Gasteiger partial charge in [0.25, 0.3) is 5.91 Å². The van der Waals surface area contributed by atoms with Crippen LogP contribution < -0.4 is 5.32 Å². The van der Waals surface area contributed by atoms with Crippen LogP contribution in [-0.2, 0) is 17.6 Å². The van der Waals surface area contributed by atoms with Crippen LogP contribution in [0.2, 0.25) is 0 Å². The fourth-order valence-electron chi connectivity index (χ4n) is 3.67. The van der Waals surface area contributed by atoms with E-state index in [1.165, 1.54) is 42.4 Å². The molecule has 0 fully saturated rings. The number of hydrogen-bond donors (Lipinski definition) is 1. The predicted molar refractivity (Wildman–Crippen MR) is 120 cm³/mol. The molecule has 1 aromatic heterocycles. The molecule has 6 heteroatoms. The average molecular weight is 470 g/mol. The summed E-state index contributed by atoms with van der Waals surface area (Å²) < 4.78 is 5.84. The van der Waals surface area contributed by atoms with Crippen LogP contribution in [0.25, 0.3) is 11.1 Å². The van der Waals surface area contributed by atoms with Gasteiger partial charge < -0.3 is 10.1 Å². The minimum absolute atomic E-state index is 0.268. The van der Waals surface area contributed by atoms with E-state index < -0.39 is 5.97 Å². The van der Waals surface area contributed by atoms with E-state index in [2.05, 4.69) is 39.4 Å². The van der Waals surface area contributed by atoms with E-state index in [1.807, 2.05) is 11.4 Å². The van der Waals surface area contributed by atoms with Crippen LogP contribution in [0.4, 0.5) is 5.00 Å². The zero-order valence-corrected chi connectivity index (χ0v) is 18.4. The van der Waals surface area contributed by atoms with Gasteiger partial charge in [-0.1, -0.05) is 40.2 Å². The number of carbonyl (C=O) groups is 2.